The molecule has 0 aliphatic rings. The van der Waals surface area contributed by atoms with Crippen LogP contribution in [0.15, 0.2) is 23.5 Å². The normalized spacial score (nSPS) is 13.1. The van der Waals surface area contributed by atoms with Gasteiger partial charge in [-0.3, -0.25) is 9.78 Å². The minimum absolute atomic E-state index is 0.0517. The molecule has 1 amide bonds. The summed E-state index contributed by atoms with van der Waals surface area (Å²) in [5.41, 5.74) is 6.11. The molecule has 1 aromatic rings. The van der Waals surface area contributed by atoms with Gasteiger partial charge in [0.1, 0.15) is 5.69 Å². The lowest BCUT2D eigenvalue weighted by atomic mass is 10.2. The summed E-state index contributed by atoms with van der Waals surface area (Å²) in [6, 6.07) is 2.97. The van der Waals surface area contributed by atoms with Crippen LogP contribution in [0.5, 0.6) is 0 Å². The Bertz CT molecular complexity index is 445. The van der Waals surface area contributed by atoms with Crippen molar-refractivity contribution in [3.8, 4) is 0 Å². The maximum absolute atomic E-state index is 11.8. The highest BCUT2D eigenvalue weighted by atomic mass is 16.5. The lowest BCUT2D eigenvalue weighted by molar-refractivity contribution is 0.0867. The fourth-order valence-electron chi connectivity index (χ4n) is 1.37. The van der Waals surface area contributed by atoms with E-state index in [0.29, 0.717) is 18.8 Å². The summed E-state index contributed by atoms with van der Waals surface area (Å²) in [4.78, 5) is 15.8. The molecule has 0 saturated heterocycles. The largest absolute Gasteiger partial charge is 0.409 e. The third-order valence-corrected chi connectivity index (χ3v) is 2.35. The molecule has 1 atom stereocenters. The predicted octanol–water partition coefficient (Wildman–Crippen LogP) is 0.331. The van der Waals surface area contributed by atoms with Crippen molar-refractivity contribution >= 4 is 11.7 Å². The van der Waals surface area contributed by atoms with E-state index < -0.39 is 0 Å². The van der Waals surface area contributed by atoms with Gasteiger partial charge in [-0.1, -0.05) is 5.16 Å². The molecule has 0 saturated carbocycles. The maximum Gasteiger partial charge on any atom is 0.270 e. The van der Waals surface area contributed by atoms with Gasteiger partial charge in [0.05, 0.1) is 6.61 Å². The van der Waals surface area contributed by atoms with Crippen LogP contribution < -0.4 is 11.1 Å². The molecule has 104 valence electrons. The first-order valence-corrected chi connectivity index (χ1v) is 5.91. The molecule has 0 spiro atoms. The average molecular weight is 266 g/mol. The molecule has 1 aromatic heterocycles. The summed E-state index contributed by atoms with van der Waals surface area (Å²) >= 11 is 0. The van der Waals surface area contributed by atoms with E-state index in [4.69, 9.17) is 15.7 Å². The van der Waals surface area contributed by atoms with Crippen LogP contribution in [-0.2, 0) is 4.74 Å². The molecule has 0 fully saturated rings. The topological polar surface area (TPSA) is 110 Å². The van der Waals surface area contributed by atoms with Gasteiger partial charge in [0, 0.05) is 24.4 Å². The molecule has 7 heteroatoms. The number of hydrogen-bond donors (Lipinski definition) is 3. The second kappa shape index (κ2) is 7.32. The van der Waals surface area contributed by atoms with Gasteiger partial charge in [0.2, 0.25) is 0 Å². The van der Waals surface area contributed by atoms with Crippen LogP contribution in [0.1, 0.15) is 29.9 Å². The van der Waals surface area contributed by atoms with Crippen LogP contribution in [0.25, 0.3) is 0 Å². The van der Waals surface area contributed by atoms with Crippen LogP contribution in [-0.4, -0.2) is 41.2 Å². The molecule has 0 aliphatic carbocycles. The lowest BCUT2D eigenvalue weighted by Gasteiger charge is -2.13. The minimum Gasteiger partial charge on any atom is -0.409 e. The Labute approximate surface area is 111 Å². The van der Waals surface area contributed by atoms with E-state index in [1.165, 1.54) is 12.3 Å². The highest BCUT2D eigenvalue weighted by Crippen LogP contribution is 2.01. The van der Waals surface area contributed by atoms with Crippen LogP contribution in [0.4, 0.5) is 0 Å². The van der Waals surface area contributed by atoms with E-state index in [-0.39, 0.29) is 23.5 Å². The number of carbonyl (C=O) groups excluding carboxylic acids is 1. The molecule has 0 bridgehead atoms. The number of rotatable bonds is 6. The number of oxime groups is 1. The monoisotopic (exact) mass is 266 g/mol. The number of amidine groups is 1. The summed E-state index contributed by atoms with van der Waals surface area (Å²) in [5.74, 6) is -0.345. The van der Waals surface area contributed by atoms with Gasteiger partial charge in [0.15, 0.2) is 5.84 Å². The number of ether oxygens (including phenoxy) is 1. The van der Waals surface area contributed by atoms with Crippen molar-refractivity contribution in [3.63, 3.8) is 0 Å². The Hall–Kier alpha value is -2.15. The zero-order valence-corrected chi connectivity index (χ0v) is 11.0. The first-order chi connectivity index (χ1) is 9.08. The fourth-order valence-corrected chi connectivity index (χ4v) is 1.37. The highest BCUT2D eigenvalue weighted by molar-refractivity contribution is 5.98. The minimum atomic E-state index is -0.293. The smallest absolute Gasteiger partial charge is 0.270 e. The predicted molar refractivity (Wildman–Crippen MR) is 70.2 cm³/mol. The van der Waals surface area contributed by atoms with Crippen LogP contribution in [0.3, 0.4) is 0 Å². The maximum atomic E-state index is 11.8. The van der Waals surface area contributed by atoms with Crippen molar-refractivity contribution in [1.82, 2.24) is 10.3 Å². The van der Waals surface area contributed by atoms with Gasteiger partial charge in [-0.05, 0) is 26.0 Å². The number of aromatic nitrogens is 1. The Morgan fingerprint density at radius 3 is 2.89 bits per heavy atom. The molecule has 0 radical (unpaired) electrons. The zero-order valence-electron chi connectivity index (χ0n) is 11.0. The van der Waals surface area contributed by atoms with Crippen molar-refractivity contribution < 1.29 is 14.7 Å². The molecule has 1 unspecified atom stereocenters. The number of hydrogen-bond acceptors (Lipinski definition) is 5. The summed E-state index contributed by atoms with van der Waals surface area (Å²) < 4.78 is 5.20. The molecular formula is C12H18N4O3. The fraction of sp³-hybridized carbons (Fsp3) is 0.417. The van der Waals surface area contributed by atoms with Crippen molar-refractivity contribution in [2.45, 2.75) is 19.9 Å². The van der Waals surface area contributed by atoms with Gasteiger partial charge in [-0.25, -0.2) is 0 Å². The third-order valence-electron chi connectivity index (χ3n) is 2.35. The second-order valence-electron chi connectivity index (χ2n) is 3.95. The molecule has 7 nitrogen and oxygen atoms in total. The Morgan fingerprint density at radius 2 is 2.37 bits per heavy atom. The zero-order chi connectivity index (χ0) is 14.3. The number of nitrogens with zero attached hydrogens (tertiary/aromatic N) is 2. The third kappa shape index (κ3) is 4.55. The second-order valence-corrected chi connectivity index (χ2v) is 3.95. The SMILES string of the molecule is CCOCC(C)NC(=O)c1ccc(C(N)=NO)cn1. The number of nitrogens with two attached hydrogens (primary N) is 1. The van der Waals surface area contributed by atoms with E-state index >= 15 is 0 Å². The summed E-state index contributed by atoms with van der Waals surface area (Å²) in [6.45, 7) is 4.79. The molecule has 1 rings (SSSR count). The molecule has 0 aromatic carbocycles. The van der Waals surface area contributed by atoms with Gasteiger partial charge in [0.25, 0.3) is 5.91 Å². The molecule has 0 aliphatic heterocycles. The van der Waals surface area contributed by atoms with Crippen molar-refractivity contribution in [1.29, 1.82) is 0 Å². The number of nitrogens with one attached hydrogen (secondary N) is 1. The molecule has 1 heterocycles. The summed E-state index contributed by atoms with van der Waals surface area (Å²) in [5, 5.41) is 14.1. The standard InChI is InChI=1S/C12H18N4O3/c1-3-19-7-8(2)15-12(17)10-5-4-9(6-14-10)11(13)16-18/h4-6,8,18H,3,7H2,1-2H3,(H2,13,16)(H,15,17). The molecular weight excluding hydrogens is 248 g/mol. The van der Waals surface area contributed by atoms with E-state index in [1.807, 2.05) is 13.8 Å². The summed E-state index contributed by atoms with van der Waals surface area (Å²) in [6.07, 6.45) is 1.37. The lowest BCUT2D eigenvalue weighted by Crippen LogP contribution is -2.36. The number of carbonyl (C=O) groups is 1. The van der Waals surface area contributed by atoms with E-state index in [2.05, 4.69) is 15.5 Å². The van der Waals surface area contributed by atoms with Gasteiger partial charge < -0.3 is 21.0 Å². The van der Waals surface area contributed by atoms with E-state index in [1.54, 1.807) is 6.07 Å². The van der Waals surface area contributed by atoms with Gasteiger partial charge in [-0.15, -0.1) is 0 Å². The van der Waals surface area contributed by atoms with Crippen molar-refractivity contribution in [3.05, 3.63) is 29.6 Å². The van der Waals surface area contributed by atoms with Gasteiger partial charge >= 0.3 is 0 Å². The van der Waals surface area contributed by atoms with Crippen LogP contribution in [0.2, 0.25) is 0 Å². The van der Waals surface area contributed by atoms with E-state index in [0.717, 1.165) is 0 Å². The van der Waals surface area contributed by atoms with Crippen molar-refractivity contribution in [2.24, 2.45) is 10.9 Å². The van der Waals surface area contributed by atoms with Crippen molar-refractivity contribution in [2.75, 3.05) is 13.2 Å². The Balaban J connectivity index is 2.63. The van der Waals surface area contributed by atoms with Gasteiger partial charge in [-0.2, -0.15) is 0 Å². The Morgan fingerprint density at radius 1 is 1.63 bits per heavy atom. The number of pyridine rings is 1. The molecule has 19 heavy (non-hydrogen) atoms. The average Bonchev–Trinajstić information content (AvgIpc) is 2.44. The van der Waals surface area contributed by atoms with E-state index in [9.17, 15) is 4.79 Å². The quantitative estimate of drug-likeness (QED) is 0.297. The molecule has 4 N–H and O–H groups in total. The van der Waals surface area contributed by atoms with Crippen LogP contribution >= 0.6 is 0 Å². The Kier molecular flexibility index (Phi) is 5.74. The van der Waals surface area contributed by atoms with Crippen LogP contribution in [0, 0.1) is 0 Å². The first kappa shape index (κ1) is 14.9. The number of amides is 1. The first-order valence-electron chi connectivity index (χ1n) is 5.91. The highest BCUT2D eigenvalue weighted by Gasteiger charge is 2.11. The summed E-state index contributed by atoms with van der Waals surface area (Å²) in [7, 11) is 0.